The lowest BCUT2D eigenvalue weighted by Crippen LogP contribution is -2.46. The fourth-order valence-electron chi connectivity index (χ4n) is 1.98. The summed E-state index contributed by atoms with van der Waals surface area (Å²) in [6, 6.07) is 7.61. The van der Waals surface area contributed by atoms with E-state index >= 15 is 0 Å². The molecule has 3 N–H and O–H groups in total. The Kier molecular flexibility index (Phi) is 5.39. The first-order valence-electron chi connectivity index (χ1n) is 6.80. The van der Waals surface area contributed by atoms with E-state index in [2.05, 4.69) is 16.7 Å². The fraction of sp³-hybridized carbons (Fsp3) is 0.400. The van der Waals surface area contributed by atoms with E-state index in [0.29, 0.717) is 0 Å². The number of nitrogens with one attached hydrogen (secondary N) is 2. The highest BCUT2D eigenvalue weighted by atomic mass is 32.1. The van der Waals surface area contributed by atoms with Crippen LogP contribution in [0, 0.1) is 0 Å². The minimum absolute atomic E-state index is 0.0512. The molecule has 2 aromatic heterocycles. The lowest BCUT2D eigenvalue weighted by atomic mass is 10.1. The van der Waals surface area contributed by atoms with Crippen molar-refractivity contribution in [3.63, 3.8) is 0 Å². The number of urea groups is 1. The molecule has 0 saturated heterocycles. The summed E-state index contributed by atoms with van der Waals surface area (Å²) in [4.78, 5) is 14.0. The molecule has 0 aromatic carbocycles. The van der Waals surface area contributed by atoms with Crippen molar-refractivity contribution in [2.24, 2.45) is 0 Å². The number of carbonyl (C=O) groups excluding carboxylic acids is 1. The Balaban J connectivity index is 1.77. The van der Waals surface area contributed by atoms with Crippen LogP contribution in [0.2, 0.25) is 0 Å². The zero-order valence-electron chi connectivity index (χ0n) is 12.1. The molecule has 0 spiro atoms. The Bertz CT molecular complexity index is 550. The molecule has 2 rings (SSSR count). The van der Waals surface area contributed by atoms with Crippen molar-refractivity contribution in [2.45, 2.75) is 31.9 Å². The standard InChI is InChI=1S/C15H20N2O2S2/c1-11(9-12-5-3-7-20-12)17-14(18)16-10-15(2,19)13-6-4-8-21-13/h3-8,11,19H,9-10H2,1-2H3,(H2,16,17,18)/t11-,15-/m0/s1. The average molecular weight is 324 g/mol. The SMILES string of the molecule is C[C@@H](Cc1cccs1)NC(=O)NC[C@](C)(O)c1cccs1. The number of hydrogen-bond acceptors (Lipinski definition) is 4. The van der Waals surface area contributed by atoms with E-state index < -0.39 is 5.60 Å². The van der Waals surface area contributed by atoms with Gasteiger partial charge in [-0.25, -0.2) is 4.79 Å². The summed E-state index contributed by atoms with van der Waals surface area (Å²) in [5.41, 5.74) is -1.04. The predicted octanol–water partition coefficient (Wildman–Crippen LogP) is 2.95. The van der Waals surface area contributed by atoms with Gasteiger partial charge in [0.15, 0.2) is 0 Å². The van der Waals surface area contributed by atoms with Gasteiger partial charge in [-0.1, -0.05) is 12.1 Å². The third-order valence-electron chi connectivity index (χ3n) is 3.11. The summed E-state index contributed by atoms with van der Waals surface area (Å²) in [6.45, 7) is 3.86. The van der Waals surface area contributed by atoms with Crippen LogP contribution >= 0.6 is 22.7 Å². The lowest BCUT2D eigenvalue weighted by Gasteiger charge is -2.23. The van der Waals surface area contributed by atoms with Gasteiger partial charge in [0.1, 0.15) is 5.60 Å². The quantitative estimate of drug-likeness (QED) is 0.765. The van der Waals surface area contributed by atoms with Crippen LogP contribution in [0.15, 0.2) is 35.0 Å². The Morgan fingerprint density at radius 2 is 2.05 bits per heavy atom. The molecule has 0 saturated carbocycles. The maximum absolute atomic E-state index is 11.9. The molecule has 0 aliphatic heterocycles. The minimum Gasteiger partial charge on any atom is -0.383 e. The van der Waals surface area contributed by atoms with E-state index in [-0.39, 0.29) is 18.6 Å². The van der Waals surface area contributed by atoms with Crippen molar-refractivity contribution in [1.29, 1.82) is 0 Å². The minimum atomic E-state index is -1.04. The Morgan fingerprint density at radius 1 is 1.33 bits per heavy atom. The molecule has 0 radical (unpaired) electrons. The van der Waals surface area contributed by atoms with E-state index in [4.69, 9.17) is 0 Å². The van der Waals surface area contributed by atoms with Crippen LogP contribution in [-0.4, -0.2) is 23.7 Å². The number of rotatable bonds is 6. The first kappa shape index (κ1) is 16.0. The Labute approximate surface area is 132 Å². The van der Waals surface area contributed by atoms with Crippen LogP contribution in [0.5, 0.6) is 0 Å². The summed E-state index contributed by atoms with van der Waals surface area (Å²) in [6.07, 6.45) is 0.812. The van der Waals surface area contributed by atoms with E-state index in [1.54, 1.807) is 18.3 Å². The summed E-state index contributed by atoms with van der Waals surface area (Å²) >= 11 is 3.16. The molecular formula is C15H20N2O2S2. The van der Waals surface area contributed by atoms with Crippen molar-refractivity contribution >= 4 is 28.7 Å². The van der Waals surface area contributed by atoms with Gasteiger partial charge in [0.2, 0.25) is 0 Å². The van der Waals surface area contributed by atoms with Crippen molar-refractivity contribution in [3.05, 3.63) is 44.8 Å². The fourth-order valence-corrected chi connectivity index (χ4v) is 3.60. The molecule has 4 nitrogen and oxygen atoms in total. The van der Waals surface area contributed by atoms with Crippen LogP contribution in [0.4, 0.5) is 4.79 Å². The van der Waals surface area contributed by atoms with Crippen LogP contribution in [0.3, 0.4) is 0 Å². The molecule has 2 heterocycles. The van der Waals surface area contributed by atoms with E-state index in [9.17, 15) is 9.90 Å². The zero-order valence-corrected chi connectivity index (χ0v) is 13.8. The second kappa shape index (κ2) is 7.06. The predicted molar refractivity (Wildman–Crippen MR) is 87.9 cm³/mol. The molecule has 0 unspecified atom stereocenters. The third-order valence-corrected chi connectivity index (χ3v) is 5.13. The summed E-state index contributed by atoms with van der Waals surface area (Å²) < 4.78 is 0. The average Bonchev–Trinajstić information content (AvgIpc) is 3.09. The second-order valence-corrected chi connectivity index (χ2v) is 7.24. The topological polar surface area (TPSA) is 61.4 Å². The molecular weight excluding hydrogens is 304 g/mol. The molecule has 6 heteroatoms. The van der Waals surface area contributed by atoms with Crippen LogP contribution in [0.25, 0.3) is 0 Å². The van der Waals surface area contributed by atoms with Gasteiger partial charge in [-0.2, -0.15) is 0 Å². The van der Waals surface area contributed by atoms with Crippen molar-refractivity contribution in [2.75, 3.05) is 6.54 Å². The molecule has 0 aliphatic carbocycles. The van der Waals surface area contributed by atoms with Crippen molar-refractivity contribution in [3.8, 4) is 0 Å². The van der Waals surface area contributed by atoms with Gasteiger partial charge < -0.3 is 15.7 Å². The van der Waals surface area contributed by atoms with Gasteiger partial charge in [-0.3, -0.25) is 0 Å². The molecule has 2 amide bonds. The normalized spacial score (nSPS) is 15.2. The zero-order chi connectivity index (χ0) is 15.3. The Hall–Kier alpha value is -1.37. The van der Waals surface area contributed by atoms with E-state index in [0.717, 1.165) is 11.3 Å². The number of amides is 2. The lowest BCUT2D eigenvalue weighted by molar-refractivity contribution is 0.0630. The highest BCUT2D eigenvalue weighted by molar-refractivity contribution is 7.10. The molecule has 0 aliphatic rings. The van der Waals surface area contributed by atoms with Crippen LogP contribution < -0.4 is 10.6 Å². The molecule has 0 fully saturated rings. The van der Waals surface area contributed by atoms with Gasteiger partial charge in [0.25, 0.3) is 0 Å². The summed E-state index contributed by atoms with van der Waals surface area (Å²) in [5.74, 6) is 0. The summed E-state index contributed by atoms with van der Waals surface area (Å²) in [5, 5.41) is 19.9. The third kappa shape index (κ3) is 4.84. The number of thiophene rings is 2. The maximum atomic E-state index is 11.9. The highest BCUT2D eigenvalue weighted by Gasteiger charge is 2.25. The second-order valence-electron chi connectivity index (χ2n) is 5.26. The summed E-state index contributed by atoms with van der Waals surface area (Å²) in [7, 11) is 0. The molecule has 2 aromatic rings. The van der Waals surface area contributed by atoms with Crippen molar-refractivity contribution < 1.29 is 9.90 Å². The van der Waals surface area contributed by atoms with E-state index in [1.165, 1.54) is 16.2 Å². The van der Waals surface area contributed by atoms with Crippen LogP contribution in [0.1, 0.15) is 23.6 Å². The largest absolute Gasteiger partial charge is 0.383 e. The van der Waals surface area contributed by atoms with E-state index in [1.807, 2.05) is 35.9 Å². The molecule has 21 heavy (non-hydrogen) atoms. The molecule has 114 valence electrons. The van der Waals surface area contributed by atoms with Gasteiger partial charge >= 0.3 is 6.03 Å². The van der Waals surface area contributed by atoms with Gasteiger partial charge in [0, 0.05) is 22.2 Å². The van der Waals surface area contributed by atoms with Crippen LogP contribution in [-0.2, 0) is 12.0 Å². The smallest absolute Gasteiger partial charge is 0.315 e. The number of aliphatic hydroxyl groups is 1. The first-order valence-corrected chi connectivity index (χ1v) is 8.56. The molecule has 0 bridgehead atoms. The monoisotopic (exact) mass is 324 g/mol. The first-order chi connectivity index (χ1) is 9.97. The maximum Gasteiger partial charge on any atom is 0.315 e. The molecule has 2 atom stereocenters. The highest BCUT2D eigenvalue weighted by Crippen LogP contribution is 2.24. The Morgan fingerprint density at radius 3 is 2.67 bits per heavy atom. The van der Waals surface area contributed by atoms with Gasteiger partial charge in [-0.15, -0.1) is 22.7 Å². The van der Waals surface area contributed by atoms with Crippen molar-refractivity contribution in [1.82, 2.24) is 10.6 Å². The number of carbonyl (C=O) groups is 1. The number of hydrogen-bond donors (Lipinski definition) is 3. The van der Waals surface area contributed by atoms with Gasteiger partial charge in [-0.05, 0) is 36.7 Å². The van der Waals surface area contributed by atoms with Gasteiger partial charge in [0.05, 0.1) is 6.54 Å².